The normalized spacial score (nSPS) is 9.85. The molecule has 0 spiro atoms. The number of nitrogens with two attached hydrogens (primary N) is 1. The van der Waals surface area contributed by atoms with Crippen LogP contribution >= 0.6 is 15.9 Å². The summed E-state index contributed by atoms with van der Waals surface area (Å²) in [5, 5.41) is 8.85. The average Bonchev–Trinajstić information content (AvgIpc) is 2.48. The van der Waals surface area contributed by atoms with E-state index in [1.54, 1.807) is 25.3 Å². The molecule has 0 fully saturated rings. The standard InChI is InChI=1S/C15H13BrN2O2/c1-19-15-7-10(8-17)3-5-14(15)20-9-11-2-4-12(16)13(18)6-11/h2-7H,9,18H2,1H3. The van der Waals surface area contributed by atoms with Crippen LogP contribution in [0, 0.1) is 11.3 Å². The van der Waals surface area contributed by atoms with E-state index >= 15 is 0 Å². The molecule has 0 saturated heterocycles. The summed E-state index contributed by atoms with van der Waals surface area (Å²) in [6, 6.07) is 12.8. The van der Waals surface area contributed by atoms with Crippen molar-refractivity contribution >= 4 is 21.6 Å². The van der Waals surface area contributed by atoms with Crippen LogP contribution in [0.15, 0.2) is 40.9 Å². The number of hydrogen-bond acceptors (Lipinski definition) is 4. The highest BCUT2D eigenvalue weighted by Crippen LogP contribution is 2.29. The predicted octanol–water partition coefficient (Wildman–Crippen LogP) is 3.49. The second kappa shape index (κ2) is 6.31. The molecule has 0 unspecified atom stereocenters. The predicted molar refractivity (Wildman–Crippen MR) is 80.6 cm³/mol. The van der Waals surface area contributed by atoms with Crippen molar-refractivity contribution in [2.24, 2.45) is 0 Å². The maximum Gasteiger partial charge on any atom is 0.162 e. The smallest absolute Gasteiger partial charge is 0.162 e. The molecular weight excluding hydrogens is 320 g/mol. The molecule has 0 aromatic heterocycles. The van der Waals surface area contributed by atoms with Gasteiger partial charge in [0, 0.05) is 16.2 Å². The molecular formula is C15H13BrN2O2. The van der Waals surface area contributed by atoms with Gasteiger partial charge in [0.2, 0.25) is 0 Å². The van der Waals surface area contributed by atoms with Gasteiger partial charge in [-0.05, 0) is 45.8 Å². The first-order chi connectivity index (χ1) is 9.63. The fourth-order valence-electron chi connectivity index (χ4n) is 1.70. The third-order valence-electron chi connectivity index (χ3n) is 2.75. The van der Waals surface area contributed by atoms with Gasteiger partial charge in [-0.15, -0.1) is 0 Å². The Morgan fingerprint density at radius 2 is 2.00 bits per heavy atom. The molecule has 20 heavy (non-hydrogen) atoms. The molecule has 5 heteroatoms. The molecule has 2 aromatic rings. The summed E-state index contributed by atoms with van der Waals surface area (Å²) in [5.41, 5.74) is 7.97. The van der Waals surface area contributed by atoms with E-state index in [2.05, 4.69) is 22.0 Å². The van der Waals surface area contributed by atoms with E-state index in [1.807, 2.05) is 18.2 Å². The molecule has 0 amide bonds. The van der Waals surface area contributed by atoms with Gasteiger partial charge >= 0.3 is 0 Å². The topological polar surface area (TPSA) is 68.3 Å². The Hall–Kier alpha value is -2.19. The molecule has 0 aliphatic carbocycles. The lowest BCUT2D eigenvalue weighted by molar-refractivity contribution is 0.284. The van der Waals surface area contributed by atoms with E-state index in [0.717, 1.165) is 10.0 Å². The van der Waals surface area contributed by atoms with Crippen LogP contribution in [0.5, 0.6) is 11.5 Å². The second-order valence-corrected chi connectivity index (χ2v) is 4.98. The minimum absolute atomic E-state index is 0.375. The molecule has 4 nitrogen and oxygen atoms in total. The number of methoxy groups -OCH3 is 1. The summed E-state index contributed by atoms with van der Waals surface area (Å²) >= 11 is 3.35. The highest BCUT2D eigenvalue weighted by atomic mass is 79.9. The average molecular weight is 333 g/mol. The van der Waals surface area contributed by atoms with E-state index in [9.17, 15) is 0 Å². The van der Waals surface area contributed by atoms with Gasteiger partial charge in [-0.3, -0.25) is 0 Å². The van der Waals surface area contributed by atoms with Gasteiger partial charge < -0.3 is 15.2 Å². The molecule has 2 aromatic carbocycles. The van der Waals surface area contributed by atoms with Crippen LogP contribution < -0.4 is 15.2 Å². The summed E-state index contributed by atoms with van der Waals surface area (Å²) in [7, 11) is 1.54. The molecule has 0 aliphatic rings. The Kier molecular flexibility index (Phi) is 4.49. The Labute approximate surface area is 125 Å². The second-order valence-electron chi connectivity index (χ2n) is 4.12. The summed E-state index contributed by atoms with van der Waals surface area (Å²) in [6.07, 6.45) is 0. The van der Waals surface area contributed by atoms with Gasteiger partial charge in [0.15, 0.2) is 11.5 Å². The molecule has 2 N–H and O–H groups in total. The van der Waals surface area contributed by atoms with Crippen LogP contribution in [0.4, 0.5) is 5.69 Å². The highest BCUT2D eigenvalue weighted by molar-refractivity contribution is 9.10. The fraction of sp³-hybridized carbons (Fsp3) is 0.133. The number of anilines is 1. The third kappa shape index (κ3) is 3.22. The van der Waals surface area contributed by atoms with E-state index < -0.39 is 0 Å². The van der Waals surface area contributed by atoms with Crippen LogP contribution in [-0.4, -0.2) is 7.11 Å². The first kappa shape index (κ1) is 14.2. The third-order valence-corrected chi connectivity index (χ3v) is 3.47. The van der Waals surface area contributed by atoms with Gasteiger partial charge in [0.25, 0.3) is 0 Å². The van der Waals surface area contributed by atoms with Crippen LogP contribution in [-0.2, 0) is 6.61 Å². The van der Waals surface area contributed by atoms with Crippen LogP contribution in [0.2, 0.25) is 0 Å². The number of rotatable bonds is 4. The minimum Gasteiger partial charge on any atom is -0.493 e. The molecule has 2 rings (SSSR count). The van der Waals surface area contributed by atoms with Gasteiger partial charge in [0.1, 0.15) is 6.61 Å². The molecule has 0 atom stereocenters. The molecule has 0 heterocycles. The Morgan fingerprint density at radius 3 is 2.65 bits per heavy atom. The van der Waals surface area contributed by atoms with Crippen molar-refractivity contribution in [2.75, 3.05) is 12.8 Å². The van der Waals surface area contributed by atoms with Crippen molar-refractivity contribution in [1.29, 1.82) is 5.26 Å². The van der Waals surface area contributed by atoms with Gasteiger partial charge in [-0.25, -0.2) is 0 Å². The number of hydrogen-bond donors (Lipinski definition) is 1. The Bertz CT molecular complexity index is 665. The zero-order valence-electron chi connectivity index (χ0n) is 10.9. The van der Waals surface area contributed by atoms with Crippen molar-refractivity contribution in [3.63, 3.8) is 0 Å². The van der Waals surface area contributed by atoms with Gasteiger partial charge in [-0.1, -0.05) is 6.07 Å². The number of nitriles is 1. The quantitative estimate of drug-likeness (QED) is 0.870. The lowest BCUT2D eigenvalue weighted by Gasteiger charge is -2.11. The van der Waals surface area contributed by atoms with Gasteiger partial charge in [0.05, 0.1) is 18.7 Å². The molecule has 0 radical (unpaired) electrons. The highest BCUT2D eigenvalue weighted by Gasteiger charge is 2.06. The van der Waals surface area contributed by atoms with Crippen LogP contribution in [0.1, 0.15) is 11.1 Å². The van der Waals surface area contributed by atoms with Gasteiger partial charge in [-0.2, -0.15) is 5.26 Å². The summed E-state index contributed by atoms with van der Waals surface area (Å²) in [5.74, 6) is 1.13. The number of nitrogen functional groups attached to an aromatic ring is 1. The van der Waals surface area contributed by atoms with E-state index in [1.165, 1.54) is 0 Å². The molecule has 0 saturated carbocycles. The Balaban J connectivity index is 2.14. The summed E-state index contributed by atoms with van der Waals surface area (Å²) in [6.45, 7) is 0.375. The number of benzene rings is 2. The fourth-order valence-corrected chi connectivity index (χ4v) is 1.95. The van der Waals surface area contributed by atoms with Crippen molar-refractivity contribution < 1.29 is 9.47 Å². The largest absolute Gasteiger partial charge is 0.493 e. The zero-order chi connectivity index (χ0) is 14.5. The van der Waals surface area contributed by atoms with Crippen molar-refractivity contribution in [2.45, 2.75) is 6.61 Å². The molecule has 0 bridgehead atoms. The lowest BCUT2D eigenvalue weighted by atomic mass is 10.2. The Morgan fingerprint density at radius 1 is 1.20 bits per heavy atom. The maximum atomic E-state index is 8.85. The van der Waals surface area contributed by atoms with Crippen molar-refractivity contribution in [3.8, 4) is 17.6 Å². The van der Waals surface area contributed by atoms with Crippen molar-refractivity contribution in [3.05, 3.63) is 52.0 Å². The first-order valence-electron chi connectivity index (χ1n) is 5.89. The minimum atomic E-state index is 0.375. The number of nitrogens with zero attached hydrogens (tertiary/aromatic N) is 1. The lowest BCUT2D eigenvalue weighted by Crippen LogP contribution is -1.99. The van der Waals surface area contributed by atoms with E-state index in [-0.39, 0.29) is 0 Å². The SMILES string of the molecule is COc1cc(C#N)ccc1OCc1ccc(Br)c(N)c1. The van der Waals surface area contributed by atoms with E-state index in [0.29, 0.717) is 29.4 Å². The summed E-state index contributed by atoms with van der Waals surface area (Å²) in [4.78, 5) is 0. The van der Waals surface area contributed by atoms with Crippen LogP contribution in [0.3, 0.4) is 0 Å². The maximum absolute atomic E-state index is 8.85. The zero-order valence-corrected chi connectivity index (χ0v) is 12.5. The number of halogens is 1. The number of ether oxygens (including phenoxy) is 2. The summed E-state index contributed by atoms with van der Waals surface area (Å²) < 4.78 is 11.8. The molecule has 0 aliphatic heterocycles. The van der Waals surface area contributed by atoms with Crippen molar-refractivity contribution in [1.82, 2.24) is 0 Å². The van der Waals surface area contributed by atoms with E-state index in [4.69, 9.17) is 20.5 Å². The van der Waals surface area contributed by atoms with Crippen LogP contribution in [0.25, 0.3) is 0 Å². The first-order valence-corrected chi connectivity index (χ1v) is 6.68. The molecule has 102 valence electrons. The monoisotopic (exact) mass is 332 g/mol.